The number of fused-ring (bicyclic) bond motifs is 1. The van der Waals surface area contributed by atoms with Crippen LogP contribution in [0.3, 0.4) is 0 Å². The molecule has 0 unspecified atom stereocenters. The van der Waals surface area contributed by atoms with Gasteiger partial charge in [-0.1, -0.05) is 30.3 Å². The van der Waals surface area contributed by atoms with Crippen LogP contribution in [-0.2, 0) is 11.3 Å². The highest BCUT2D eigenvalue weighted by Gasteiger charge is 2.42. The molecule has 0 spiro atoms. The molecule has 2 aliphatic heterocycles. The molecule has 0 saturated carbocycles. The normalized spacial score (nSPS) is 24.4. The summed E-state index contributed by atoms with van der Waals surface area (Å²) < 4.78 is 0. The van der Waals surface area contributed by atoms with Crippen molar-refractivity contribution in [1.82, 2.24) is 19.8 Å². The summed E-state index contributed by atoms with van der Waals surface area (Å²) in [6.45, 7) is 6.15. The van der Waals surface area contributed by atoms with E-state index < -0.39 is 6.10 Å². The predicted octanol–water partition coefficient (Wildman–Crippen LogP) is 3.48. The Hall–Kier alpha value is -2.70. The Morgan fingerprint density at radius 1 is 1.19 bits per heavy atom. The van der Waals surface area contributed by atoms with Crippen molar-refractivity contribution in [1.29, 1.82) is 0 Å². The van der Waals surface area contributed by atoms with Crippen LogP contribution in [-0.4, -0.2) is 56.0 Å². The maximum atomic E-state index is 13.6. The average molecular weight is 419 g/mol. The second-order valence-corrected chi connectivity index (χ2v) is 9.09. The molecule has 6 nitrogen and oxygen atoms in total. The molecule has 0 bridgehead atoms. The van der Waals surface area contributed by atoms with E-state index >= 15 is 0 Å². The number of imidazole rings is 1. The minimum Gasteiger partial charge on any atom is -0.392 e. The van der Waals surface area contributed by atoms with Crippen molar-refractivity contribution in [3.8, 4) is 0 Å². The lowest BCUT2D eigenvalue weighted by Crippen LogP contribution is -2.45. The van der Waals surface area contributed by atoms with Crippen LogP contribution >= 0.6 is 0 Å². The molecule has 0 aliphatic carbocycles. The number of likely N-dealkylation sites (tertiary alicyclic amines) is 2. The summed E-state index contributed by atoms with van der Waals surface area (Å²) in [5.74, 6) is 0.988. The van der Waals surface area contributed by atoms with E-state index in [9.17, 15) is 9.90 Å². The van der Waals surface area contributed by atoms with Crippen LogP contribution in [0.15, 0.2) is 42.5 Å². The Kier molecular flexibility index (Phi) is 5.28. The number of aromatic nitrogens is 2. The lowest BCUT2D eigenvalue weighted by molar-refractivity contribution is -0.137. The SMILES string of the molecule is Cc1cc2nc([C@@H]3CCCN3C(=O)[C@@H]3C[C@H](O)CN3Cc3ccccc3)[nH]c2cc1C. The second-order valence-electron chi connectivity index (χ2n) is 9.09. The highest BCUT2D eigenvalue weighted by atomic mass is 16.3. The zero-order valence-electron chi connectivity index (χ0n) is 18.2. The monoisotopic (exact) mass is 418 g/mol. The number of hydrogen-bond donors (Lipinski definition) is 2. The number of rotatable bonds is 4. The Labute approximate surface area is 182 Å². The number of carbonyl (C=O) groups is 1. The maximum absolute atomic E-state index is 13.6. The van der Waals surface area contributed by atoms with Crippen molar-refractivity contribution < 1.29 is 9.90 Å². The minimum absolute atomic E-state index is 0.0307. The third kappa shape index (κ3) is 3.86. The highest BCUT2D eigenvalue weighted by molar-refractivity contribution is 5.83. The first kappa shape index (κ1) is 20.2. The van der Waals surface area contributed by atoms with Crippen LogP contribution in [0.4, 0.5) is 0 Å². The quantitative estimate of drug-likeness (QED) is 0.680. The van der Waals surface area contributed by atoms with Crippen molar-refractivity contribution in [2.24, 2.45) is 0 Å². The molecule has 3 heterocycles. The lowest BCUT2D eigenvalue weighted by Gasteiger charge is -2.30. The first-order chi connectivity index (χ1) is 15.0. The summed E-state index contributed by atoms with van der Waals surface area (Å²) in [7, 11) is 0. The van der Waals surface area contributed by atoms with E-state index in [1.165, 1.54) is 11.1 Å². The molecule has 3 atom stereocenters. The molecule has 2 saturated heterocycles. The molecule has 5 rings (SSSR count). The van der Waals surface area contributed by atoms with Gasteiger partial charge in [0.1, 0.15) is 5.82 Å². The van der Waals surface area contributed by atoms with Crippen LogP contribution < -0.4 is 0 Å². The molecule has 2 N–H and O–H groups in total. The van der Waals surface area contributed by atoms with Gasteiger partial charge in [0.15, 0.2) is 0 Å². The van der Waals surface area contributed by atoms with Gasteiger partial charge in [-0.25, -0.2) is 4.98 Å². The number of aliphatic hydroxyl groups excluding tert-OH is 1. The maximum Gasteiger partial charge on any atom is 0.240 e. The van der Waals surface area contributed by atoms with Crippen molar-refractivity contribution in [2.45, 2.75) is 57.8 Å². The van der Waals surface area contributed by atoms with Crippen molar-refractivity contribution >= 4 is 16.9 Å². The van der Waals surface area contributed by atoms with Gasteiger partial charge < -0.3 is 15.0 Å². The van der Waals surface area contributed by atoms with Crippen molar-refractivity contribution in [3.63, 3.8) is 0 Å². The molecule has 0 radical (unpaired) electrons. The molecular formula is C25H30N4O2. The number of amides is 1. The van der Waals surface area contributed by atoms with E-state index in [1.54, 1.807) is 0 Å². The minimum atomic E-state index is -0.462. The third-order valence-corrected chi connectivity index (χ3v) is 6.86. The Morgan fingerprint density at radius 3 is 2.77 bits per heavy atom. The van der Waals surface area contributed by atoms with Gasteiger partial charge in [-0.2, -0.15) is 0 Å². The van der Waals surface area contributed by atoms with Gasteiger partial charge in [0.25, 0.3) is 0 Å². The van der Waals surface area contributed by atoms with Crippen molar-refractivity contribution in [3.05, 3.63) is 65.0 Å². The van der Waals surface area contributed by atoms with E-state index in [2.05, 4.69) is 48.0 Å². The van der Waals surface area contributed by atoms with Gasteiger partial charge in [-0.15, -0.1) is 0 Å². The van der Waals surface area contributed by atoms with Crippen LogP contribution in [0.25, 0.3) is 11.0 Å². The molecule has 1 aromatic heterocycles. The number of aliphatic hydroxyl groups is 1. The summed E-state index contributed by atoms with van der Waals surface area (Å²) >= 11 is 0. The first-order valence-electron chi connectivity index (χ1n) is 11.2. The molecule has 31 heavy (non-hydrogen) atoms. The number of β-amino-alcohol motifs (C(OH)–C–C–N with tert-alkyl or cyclic N) is 1. The largest absolute Gasteiger partial charge is 0.392 e. The van der Waals surface area contributed by atoms with Gasteiger partial charge in [0.2, 0.25) is 5.91 Å². The van der Waals surface area contributed by atoms with Crippen LogP contribution in [0.1, 0.15) is 47.8 Å². The van der Waals surface area contributed by atoms with Gasteiger partial charge in [-0.05, 0) is 61.9 Å². The Morgan fingerprint density at radius 2 is 1.97 bits per heavy atom. The molecule has 1 amide bonds. The Bertz CT molecular complexity index is 1050. The van der Waals surface area contributed by atoms with Crippen molar-refractivity contribution in [2.75, 3.05) is 13.1 Å². The molecule has 3 aromatic rings. The number of hydrogen-bond acceptors (Lipinski definition) is 4. The van der Waals surface area contributed by atoms with E-state index in [-0.39, 0.29) is 18.0 Å². The number of aryl methyl sites for hydroxylation is 2. The molecule has 162 valence electrons. The number of H-pyrrole nitrogens is 1. The molecule has 2 aromatic carbocycles. The summed E-state index contributed by atoms with van der Waals surface area (Å²) in [6, 6.07) is 14.1. The number of carbonyl (C=O) groups excluding carboxylic acids is 1. The van der Waals surface area contributed by atoms with Gasteiger partial charge in [0, 0.05) is 19.6 Å². The topological polar surface area (TPSA) is 72.5 Å². The fourth-order valence-corrected chi connectivity index (χ4v) is 5.08. The molecule has 2 aliphatic rings. The van der Waals surface area contributed by atoms with Gasteiger partial charge in [-0.3, -0.25) is 9.69 Å². The first-order valence-corrected chi connectivity index (χ1v) is 11.2. The highest BCUT2D eigenvalue weighted by Crippen LogP contribution is 2.34. The fourth-order valence-electron chi connectivity index (χ4n) is 5.08. The number of nitrogens with one attached hydrogen (secondary N) is 1. The molecular weight excluding hydrogens is 388 g/mol. The number of aromatic amines is 1. The fraction of sp³-hybridized carbons (Fsp3) is 0.440. The summed E-state index contributed by atoms with van der Waals surface area (Å²) in [4.78, 5) is 26.1. The molecule has 6 heteroatoms. The van der Waals surface area contributed by atoms with Gasteiger partial charge >= 0.3 is 0 Å². The Balaban J connectivity index is 1.38. The van der Waals surface area contributed by atoms with E-state index in [0.29, 0.717) is 19.5 Å². The average Bonchev–Trinajstić information content (AvgIpc) is 3.47. The lowest BCUT2D eigenvalue weighted by atomic mass is 10.1. The van der Waals surface area contributed by atoms with Crippen LogP contribution in [0.2, 0.25) is 0 Å². The summed E-state index contributed by atoms with van der Waals surface area (Å²) in [5, 5.41) is 10.3. The zero-order valence-corrected chi connectivity index (χ0v) is 18.2. The number of benzene rings is 2. The van der Waals surface area contributed by atoms with E-state index in [4.69, 9.17) is 4.98 Å². The van der Waals surface area contributed by atoms with Gasteiger partial charge in [0.05, 0.1) is 29.2 Å². The third-order valence-electron chi connectivity index (χ3n) is 6.86. The number of nitrogens with zero attached hydrogens (tertiary/aromatic N) is 3. The standard InChI is InChI=1S/C25H30N4O2/c1-16-11-20-21(12-17(16)2)27-24(26-20)22-9-6-10-29(22)25(31)23-13-19(30)15-28(23)14-18-7-4-3-5-8-18/h3-5,7-8,11-12,19,22-23,30H,6,9-10,13-15H2,1-2H3,(H,26,27)/t19-,22-,23-/m0/s1. The molecule has 2 fully saturated rings. The zero-order chi connectivity index (χ0) is 21.5. The van der Waals surface area contributed by atoms with Crippen LogP contribution in [0.5, 0.6) is 0 Å². The summed E-state index contributed by atoms with van der Waals surface area (Å²) in [6.07, 6.45) is 1.92. The predicted molar refractivity (Wildman–Crippen MR) is 121 cm³/mol. The summed E-state index contributed by atoms with van der Waals surface area (Å²) in [5.41, 5.74) is 5.61. The van der Waals surface area contributed by atoms with E-state index in [0.717, 1.165) is 41.8 Å². The smallest absolute Gasteiger partial charge is 0.240 e. The second kappa shape index (κ2) is 8.09. The van der Waals surface area contributed by atoms with Crippen LogP contribution in [0, 0.1) is 13.8 Å². The van der Waals surface area contributed by atoms with E-state index in [1.807, 2.05) is 23.1 Å².